The average Bonchev–Trinajstić information content (AvgIpc) is 1.78. The highest BCUT2D eigenvalue weighted by Gasteiger charge is 2.23. The van der Waals surface area contributed by atoms with Gasteiger partial charge in [0.05, 0.1) is 11.8 Å². The van der Waals surface area contributed by atoms with Crippen LogP contribution in [-0.2, 0) is 14.0 Å². The number of rotatable bonds is 2. The molecule has 1 aliphatic rings. The summed E-state index contributed by atoms with van der Waals surface area (Å²) in [5, 5.41) is 0. The zero-order chi connectivity index (χ0) is 10.1. The van der Waals surface area contributed by atoms with Crippen LogP contribution in [-0.4, -0.2) is 20.4 Å². The first-order valence-corrected chi connectivity index (χ1v) is 7.88. The van der Waals surface area contributed by atoms with E-state index in [0.29, 0.717) is 6.42 Å². The van der Waals surface area contributed by atoms with E-state index in [9.17, 15) is 4.79 Å². The van der Waals surface area contributed by atoms with Crippen LogP contribution in [0.25, 0.3) is 0 Å². The van der Waals surface area contributed by atoms with Crippen molar-refractivity contribution in [2.45, 2.75) is 39.1 Å². The third-order valence-electron chi connectivity index (χ3n) is 1.52. The minimum atomic E-state index is -1.58. The summed E-state index contributed by atoms with van der Waals surface area (Å²) in [6.07, 6.45) is 2.11. The van der Waals surface area contributed by atoms with Gasteiger partial charge >= 0.3 is 5.97 Å². The number of carbonyl (C=O) groups is 1. The Balaban J connectivity index is 2.64. The van der Waals surface area contributed by atoms with Gasteiger partial charge in [0.15, 0.2) is 0 Å². The summed E-state index contributed by atoms with van der Waals surface area (Å²) >= 11 is 0. The van der Waals surface area contributed by atoms with Crippen molar-refractivity contribution < 1.29 is 14.0 Å². The van der Waals surface area contributed by atoms with Crippen LogP contribution in [0.2, 0.25) is 19.6 Å². The Bertz CT molecular complexity index is 240. The molecule has 4 heteroatoms. The first-order chi connectivity index (χ1) is 5.87. The van der Waals surface area contributed by atoms with Gasteiger partial charge in [-0.25, -0.2) is 4.79 Å². The molecular formula is C9H16O3Si. The summed E-state index contributed by atoms with van der Waals surface area (Å²) in [6, 6.07) is 0. The summed E-state index contributed by atoms with van der Waals surface area (Å²) in [5.41, 5.74) is 0. The summed E-state index contributed by atoms with van der Waals surface area (Å²) in [7, 11) is -1.58. The number of cyclic esters (lactones) is 1. The normalized spacial score (nSPS) is 23.5. The van der Waals surface area contributed by atoms with E-state index in [2.05, 4.69) is 19.6 Å². The lowest BCUT2D eigenvalue weighted by molar-refractivity contribution is -0.144. The van der Waals surface area contributed by atoms with E-state index in [1.807, 2.05) is 6.92 Å². The molecule has 1 atom stereocenters. The minimum Gasteiger partial charge on any atom is -0.547 e. The van der Waals surface area contributed by atoms with Gasteiger partial charge in [-0.05, 0) is 26.6 Å². The van der Waals surface area contributed by atoms with Crippen molar-refractivity contribution in [3.05, 3.63) is 11.8 Å². The standard InChI is InChI=1S/C9H16O3Si/c1-7-5-8(6-9(10)11-7)12-13(2,3)4/h6-7H,5H2,1-4H3. The third kappa shape index (κ3) is 3.63. The third-order valence-corrected chi connectivity index (χ3v) is 2.40. The molecule has 1 aliphatic heterocycles. The van der Waals surface area contributed by atoms with E-state index in [1.165, 1.54) is 6.08 Å². The van der Waals surface area contributed by atoms with Gasteiger partial charge in [-0.2, -0.15) is 0 Å². The topological polar surface area (TPSA) is 35.5 Å². The van der Waals surface area contributed by atoms with Crippen molar-refractivity contribution in [1.82, 2.24) is 0 Å². The fourth-order valence-corrected chi connectivity index (χ4v) is 2.14. The number of hydrogen-bond donors (Lipinski definition) is 0. The predicted molar refractivity (Wildman–Crippen MR) is 52.7 cm³/mol. The Kier molecular flexibility index (Phi) is 2.80. The van der Waals surface area contributed by atoms with Gasteiger partial charge in [0.2, 0.25) is 8.32 Å². The highest BCUT2D eigenvalue weighted by Crippen LogP contribution is 2.20. The average molecular weight is 200 g/mol. The summed E-state index contributed by atoms with van der Waals surface area (Å²) in [4.78, 5) is 11.0. The largest absolute Gasteiger partial charge is 0.547 e. The maximum absolute atomic E-state index is 11.0. The number of carbonyl (C=O) groups excluding carboxylic acids is 1. The van der Waals surface area contributed by atoms with Gasteiger partial charge in [-0.1, -0.05) is 0 Å². The maximum Gasteiger partial charge on any atom is 0.334 e. The van der Waals surface area contributed by atoms with Crippen molar-refractivity contribution in [2.75, 3.05) is 0 Å². The molecule has 74 valence electrons. The lowest BCUT2D eigenvalue weighted by Gasteiger charge is -2.26. The van der Waals surface area contributed by atoms with Crippen LogP contribution in [0.3, 0.4) is 0 Å². The molecule has 0 radical (unpaired) electrons. The van der Waals surface area contributed by atoms with Gasteiger partial charge in [0.25, 0.3) is 0 Å². The molecule has 0 aromatic carbocycles. The molecule has 0 spiro atoms. The Morgan fingerprint density at radius 3 is 2.62 bits per heavy atom. The van der Waals surface area contributed by atoms with Crippen LogP contribution in [0.4, 0.5) is 0 Å². The second-order valence-electron chi connectivity index (χ2n) is 4.28. The highest BCUT2D eigenvalue weighted by atomic mass is 28.4. The molecule has 1 heterocycles. The minimum absolute atomic E-state index is 0.0520. The van der Waals surface area contributed by atoms with Crippen LogP contribution < -0.4 is 0 Å². The lowest BCUT2D eigenvalue weighted by atomic mass is 10.2. The molecule has 0 aliphatic carbocycles. The number of esters is 1. The zero-order valence-corrected chi connectivity index (χ0v) is 9.59. The van der Waals surface area contributed by atoms with E-state index in [4.69, 9.17) is 9.16 Å². The fraction of sp³-hybridized carbons (Fsp3) is 0.667. The Labute approximate surface area is 79.9 Å². The Morgan fingerprint density at radius 2 is 2.15 bits per heavy atom. The van der Waals surface area contributed by atoms with E-state index >= 15 is 0 Å². The Morgan fingerprint density at radius 1 is 1.54 bits per heavy atom. The summed E-state index contributed by atoms with van der Waals surface area (Å²) in [6.45, 7) is 8.16. The van der Waals surface area contributed by atoms with E-state index in [0.717, 1.165) is 5.76 Å². The predicted octanol–water partition coefficient (Wildman–Crippen LogP) is 2.06. The molecule has 0 fully saturated rings. The van der Waals surface area contributed by atoms with Crippen LogP contribution in [0.5, 0.6) is 0 Å². The molecule has 0 amide bonds. The lowest BCUT2D eigenvalue weighted by Crippen LogP contribution is -2.29. The van der Waals surface area contributed by atoms with Gasteiger partial charge in [-0.3, -0.25) is 0 Å². The van der Waals surface area contributed by atoms with Crippen LogP contribution in [0, 0.1) is 0 Å². The first-order valence-electron chi connectivity index (χ1n) is 4.47. The summed E-state index contributed by atoms with van der Waals surface area (Å²) < 4.78 is 10.7. The molecule has 0 aromatic rings. The van der Waals surface area contributed by atoms with E-state index < -0.39 is 8.32 Å². The molecule has 0 N–H and O–H groups in total. The Hall–Kier alpha value is -0.773. The van der Waals surface area contributed by atoms with Crippen molar-refractivity contribution in [2.24, 2.45) is 0 Å². The van der Waals surface area contributed by atoms with Gasteiger partial charge in [0.1, 0.15) is 6.10 Å². The number of hydrogen-bond acceptors (Lipinski definition) is 3. The quantitative estimate of drug-likeness (QED) is 0.505. The van der Waals surface area contributed by atoms with Crippen molar-refractivity contribution >= 4 is 14.3 Å². The second kappa shape index (κ2) is 3.53. The first kappa shape index (κ1) is 10.3. The SMILES string of the molecule is CC1CC(O[Si](C)(C)C)=CC(=O)O1. The molecule has 1 unspecified atom stereocenters. The molecule has 1 rings (SSSR count). The molecule has 0 saturated carbocycles. The van der Waals surface area contributed by atoms with E-state index in [-0.39, 0.29) is 12.1 Å². The zero-order valence-electron chi connectivity index (χ0n) is 8.59. The van der Waals surface area contributed by atoms with Gasteiger partial charge < -0.3 is 9.16 Å². The van der Waals surface area contributed by atoms with Gasteiger partial charge in [-0.15, -0.1) is 0 Å². The van der Waals surface area contributed by atoms with Crippen molar-refractivity contribution in [3.8, 4) is 0 Å². The number of ether oxygens (including phenoxy) is 1. The maximum atomic E-state index is 11.0. The van der Waals surface area contributed by atoms with E-state index in [1.54, 1.807) is 0 Å². The van der Waals surface area contributed by atoms with Crippen LogP contribution in [0.15, 0.2) is 11.8 Å². The van der Waals surface area contributed by atoms with Crippen LogP contribution >= 0.6 is 0 Å². The van der Waals surface area contributed by atoms with Gasteiger partial charge in [0, 0.05) is 6.42 Å². The molecule has 0 aromatic heterocycles. The monoisotopic (exact) mass is 200 g/mol. The molecule has 3 nitrogen and oxygen atoms in total. The van der Waals surface area contributed by atoms with Crippen molar-refractivity contribution in [3.63, 3.8) is 0 Å². The molecular weight excluding hydrogens is 184 g/mol. The fourth-order valence-electron chi connectivity index (χ4n) is 1.21. The smallest absolute Gasteiger partial charge is 0.334 e. The molecule has 13 heavy (non-hydrogen) atoms. The molecule has 0 saturated heterocycles. The second-order valence-corrected chi connectivity index (χ2v) is 8.71. The van der Waals surface area contributed by atoms with Crippen molar-refractivity contribution in [1.29, 1.82) is 0 Å². The summed E-state index contributed by atoms with van der Waals surface area (Å²) in [5.74, 6) is 0.495. The highest BCUT2D eigenvalue weighted by molar-refractivity contribution is 6.70. The van der Waals surface area contributed by atoms with Crippen LogP contribution in [0.1, 0.15) is 13.3 Å². The molecule has 0 bridgehead atoms.